The van der Waals surface area contributed by atoms with E-state index in [4.69, 9.17) is 0 Å². The molecule has 26 heavy (non-hydrogen) atoms. The van der Waals surface area contributed by atoms with E-state index in [1.165, 1.54) is 62.7 Å². The number of benzene rings is 1. The van der Waals surface area contributed by atoms with Crippen LogP contribution in [0.4, 0.5) is 5.69 Å². The summed E-state index contributed by atoms with van der Waals surface area (Å²) in [5, 5.41) is 1.04. The van der Waals surface area contributed by atoms with Crippen LogP contribution in [-0.2, 0) is 4.79 Å². The second kappa shape index (κ2) is 9.31. The predicted octanol–water partition coefficient (Wildman–Crippen LogP) is 6.35. The second-order valence-electron chi connectivity index (χ2n) is 7.24. The number of nitrogens with zero attached hydrogens (tertiary/aromatic N) is 1. The van der Waals surface area contributed by atoms with Gasteiger partial charge in [0.15, 0.2) is 0 Å². The fraction of sp³-hybridized carbons (Fsp3) is 0.545. The minimum Gasteiger partial charge on any atom is -0.303 e. The number of thiophene rings is 1. The summed E-state index contributed by atoms with van der Waals surface area (Å²) in [7, 11) is 0. The molecule has 3 nitrogen and oxygen atoms in total. The highest BCUT2D eigenvalue weighted by atomic mass is 32.1. The number of hydrogen-bond donors (Lipinski definition) is 0. The molecular weight excluding hydrogens is 342 g/mol. The van der Waals surface area contributed by atoms with Crippen LogP contribution in [0.3, 0.4) is 0 Å². The van der Waals surface area contributed by atoms with Gasteiger partial charge in [-0.15, -0.1) is 11.3 Å². The Morgan fingerprint density at radius 3 is 2.15 bits per heavy atom. The molecule has 0 fully saturated rings. The lowest BCUT2D eigenvalue weighted by Crippen LogP contribution is -2.30. The van der Waals surface area contributed by atoms with E-state index in [1.807, 2.05) is 24.3 Å². The van der Waals surface area contributed by atoms with Crippen LogP contribution in [0.5, 0.6) is 0 Å². The Labute approximate surface area is 160 Å². The average Bonchev–Trinajstić information content (AvgIpc) is 3.14. The lowest BCUT2D eigenvalue weighted by atomic mass is 10.1. The number of carbonyl (C=O) groups is 2. The van der Waals surface area contributed by atoms with Crippen molar-refractivity contribution < 1.29 is 9.59 Å². The van der Waals surface area contributed by atoms with Crippen LogP contribution in [-0.4, -0.2) is 18.2 Å². The number of anilines is 1. The van der Waals surface area contributed by atoms with Crippen LogP contribution >= 0.6 is 11.3 Å². The number of hydrogen-bond acceptors (Lipinski definition) is 3. The SMILES string of the molecule is CCCCCCCCCCCCN1C(=O)C(=O)c2sc3ccccc3c21. The quantitative estimate of drug-likeness (QED) is 0.341. The molecule has 140 valence electrons. The molecule has 0 atom stereocenters. The monoisotopic (exact) mass is 371 g/mol. The highest BCUT2D eigenvalue weighted by molar-refractivity contribution is 7.22. The first kappa shape index (κ1) is 19.1. The third kappa shape index (κ3) is 4.17. The molecule has 0 saturated heterocycles. The van der Waals surface area contributed by atoms with Crippen molar-refractivity contribution >= 4 is 38.8 Å². The minimum atomic E-state index is -0.340. The maximum Gasteiger partial charge on any atom is 0.300 e. The van der Waals surface area contributed by atoms with Crippen molar-refractivity contribution in [1.29, 1.82) is 0 Å². The third-order valence-corrected chi connectivity index (χ3v) is 6.38. The molecule has 1 amide bonds. The van der Waals surface area contributed by atoms with Gasteiger partial charge < -0.3 is 4.90 Å². The van der Waals surface area contributed by atoms with Gasteiger partial charge in [-0.2, -0.15) is 0 Å². The van der Waals surface area contributed by atoms with Crippen LogP contribution in [0.15, 0.2) is 24.3 Å². The van der Waals surface area contributed by atoms with Crippen molar-refractivity contribution in [1.82, 2.24) is 0 Å². The highest BCUT2D eigenvalue weighted by Crippen LogP contribution is 2.42. The summed E-state index contributed by atoms with van der Waals surface area (Å²) in [6, 6.07) is 7.99. The zero-order valence-corrected chi connectivity index (χ0v) is 16.6. The number of amides is 1. The van der Waals surface area contributed by atoms with Gasteiger partial charge in [-0.1, -0.05) is 82.9 Å². The fourth-order valence-corrected chi connectivity index (χ4v) is 4.88. The van der Waals surface area contributed by atoms with E-state index < -0.39 is 0 Å². The highest BCUT2D eigenvalue weighted by Gasteiger charge is 2.38. The zero-order valence-electron chi connectivity index (χ0n) is 15.8. The summed E-state index contributed by atoms with van der Waals surface area (Å²) in [5.74, 6) is -0.666. The maximum absolute atomic E-state index is 12.3. The summed E-state index contributed by atoms with van der Waals surface area (Å²) < 4.78 is 1.09. The molecule has 2 aromatic rings. The number of ketones is 1. The van der Waals surface area contributed by atoms with Gasteiger partial charge in [0.2, 0.25) is 0 Å². The number of carbonyl (C=O) groups excluding carboxylic acids is 2. The molecule has 0 aliphatic carbocycles. The van der Waals surface area contributed by atoms with E-state index in [0.29, 0.717) is 11.4 Å². The summed E-state index contributed by atoms with van der Waals surface area (Å²) in [5.41, 5.74) is 0.858. The van der Waals surface area contributed by atoms with Crippen LogP contribution in [0.1, 0.15) is 80.8 Å². The zero-order chi connectivity index (χ0) is 18.4. The van der Waals surface area contributed by atoms with Gasteiger partial charge in [0, 0.05) is 16.6 Å². The number of rotatable bonds is 11. The lowest BCUT2D eigenvalue weighted by molar-refractivity contribution is -0.114. The van der Waals surface area contributed by atoms with Crippen LogP contribution in [0, 0.1) is 0 Å². The number of unbranched alkanes of at least 4 members (excludes halogenated alkanes) is 9. The van der Waals surface area contributed by atoms with E-state index in [-0.39, 0.29) is 11.7 Å². The van der Waals surface area contributed by atoms with Gasteiger partial charge in [0.05, 0.1) is 5.69 Å². The summed E-state index contributed by atoms with van der Waals surface area (Å²) in [4.78, 5) is 27.0. The molecule has 0 radical (unpaired) electrons. The van der Waals surface area contributed by atoms with Crippen LogP contribution < -0.4 is 4.90 Å². The van der Waals surface area contributed by atoms with Crippen LogP contribution in [0.2, 0.25) is 0 Å². The molecule has 0 N–H and O–H groups in total. The standard InChI is InChI=1S/C22H29NO2S/c1-2-3-4-5-6-7-8-9-10-13-16-23-19-17-14-11-12-15-18(17)26-21(19)20(24)22(23)25/h11-12,14-15H,2-10,13,16H2,1H3. The topological polar surface area (TPSA) is 37.4 Å². The maximum atomic E-state index is 12.3. The van der Waals surface area contributed by atoms with Gasteiger partial charge >= 0.3 is 0 Å². The van der Waals surface area contributed by atoms with Gasteiger partial charge in [-0.05, 0) is 12.5 Å². The van der Waals surface area contributed by atoms with Crippen molar-refractivity contribution in [3.05, 3.63) is 29.1 Å². The van der Waals surface area contributed by atoms with Gasteiger partial charge in [-0.3, -0.25) is 9.59 Å². The largest absolute Gasteiger partial charge is 0.303 e. The molecular formula is C22H29NO2S. The Hall–Kier alpha value is -1.68. The average molecular weight is 372 g/mol. The molecule has 4 heteroatoms. The van der Waals surface area contributed by atoms with Crippen molar-refractivity contribution in [2.24, 2.45) is 0 Å². The van der Waals surface area contributed by atoms with Crippen molar-refractivity contribution in [2.45, 2.75) is 71.1 Å². The Balaban J connectivity index is 1.45. The van der Waals surface area contributed by atoms with Gasteiger partial charge in [0.25, 0.3) is 11.7 Å². The third-order valence-electron chi connectivity index (χ3n) is 5.22. The minimum absolute atomic E-state index is 0.326. The van der Waals surface area contributed by atoms with E-state index in [2.05, 4.69) is 6.92 Å². The molecule has 0 unspecified atom stereocenters. The Kier molecular flexibility index (Phi) is 6.84. The fourth-order valence-electron chi connectivity index (χ4n) is 3.75. The normalized spacial score (nSPS) is 13.8. The van der Waals surface area contributed by atoms with Gasteiger partial charge in [0.1, 0.15) is 4.88 Å². The first-order valence-corrected chi connectivity index (χ1v) is 10.9. The number of Topliss-reactive ketones (excluding diaryl/α,β-unsaturated/α-hetero) is 1. The molecule has 1 aromatic heterocycles. The summed E-state index contributed by atoms with van der Waals surface area (Å²) in [6.07, 6.45) is 12.7. The molecule has 2 heterocycles. The summed E-state index contributed by atoms with van der Waals surface area (Å²) >= 11 is 1.45. The first-order valence-electron chi connectivity index (χ1n) is 10.1. The second-order valence-corrected chi connectivity index (χ2v) is 8.30. The van der Waals surface area contributed by atoms with Crippen molar-refractivity contribution in [3.8, 4) is 0 Å². The molecule has 1 aliphatic heterocycles. The van der Waals surface area contributed by atoms with Gasteiger partial charge in [-0.25, -0.2) is 0 Å². The van der Waals surface area contributed by atoms with E-state index >= 15 is 0 Å². The van der Waals surface area contributed by atoms with E-state index in [0.717, 1.165) is 28.6 Å². The van der Waals surface area contributed by atoms with Crippen LogP contribution in [0.25, 0.3) is 10.1 Å². The molecule has 0 spiro atoms. The molecule has 1 aliphatic rings. The molecule has 1 aromatic carbocycles. The molecule has 0 saturated carbocycles. The van der Waals surface area contributed by atoms with E-state index in [1.54, 1.807) is 4.90 Å². The Bertz CT molecular complexity index is 765. The molecule has 0 bridgehead atoms. The Morgan fingerprint density at radius 2 is 1.46 bits per heavy atom. The summed E-state index contributed by atoms with van der Waals surface area (Å²) in [6.45, 7) is 2.91. The predicted molar refractivity (Wildman–Crippen MR) is 110 cm³/mol. The number of fused-ring (bicyclic) bond motifs is 3. The lowest BCUT2D eigenvalue weighted by Gasteiger charge is -2.16. The Morgan fingerprint density at radius 1 is 0.846 bits per heavy atom. The first-order chi connectivity index (χ1) is 12.7. The smallest absolute Gasteiger partial charge is 0.300 e. The van der Waals surface area contributed by atoms with E-state index in [9.17, 15) is 9.59 Å². The van der Waals surface area contributed by atoms with Crippen molar-refractivity contribution in [2.75, 3.05) is 11.4 Å². The van der Waals surface area contributed by atoms with Crippen molar-refractivity contribution in [3.63, 3.8) is 0 Å². The molecule has 3 rings (SSSR count).